The number of amides is 2. The number of ether oxygens (including phenoxy) is 4. The summed E-state index contributed by atoms with van der Waals surface area (Å²) in [5, 5.41) is 2.82. The van der Waals surface area contributed by atoms with E-state index in [1.54, 1.807) is 0 Å². The van der Waals surface area contributed by atoms with E-state index in [1.165, 1.54) is 4.90 Å². The highest BCUT2D eigenvalue weighted by atomic mass is 35.5. The third-order valence-electron chi connectivity index (χ3n) is 5.03. The van der Waals surface area contributed by atoms with E-state index in [9.17, 15) is 4.79 Å². The van der Waals surface area contributed by atoms with Gasteiger partial charge in [0.05, 0.1) is 18.6 Å². The van der Waals surface area contributed by atoms with Crippen molar-refractivity contribution < 1.29 is 23.7 Å². The van der Waals surface area contributed by atoms with Gasteiger partial charge in [-0.15, -0.1) is 0 Å². The third-order valence-corrected chi connectivity index (χ3v) is 6.01. The topological polar surface area (TPSA) is 69.3 Å². The minimum Gasteiger partial charge on any atom is -0.355 e. The van der Waals surface area contributed by atoms with Gasteiger partial charge in [-0.25, -0.2) is 4.79 Å². The molecular formula is C13H16Cl2N2O5. The largest absolute Gasteiger partial charge is 0.355 e. The molecule has 2 bridgehead atoms. The SMILES string of the molecule is CC1(C)O[C@@H]2[C@H](O1)[C@H]1CO[C@H]3[C@H]4[C@@H](NC(=O)N3[C@@H]2O1)C4(Cl)Cl. The fourth-order valence-corrected chi connectivity index (χ4v) is 4.76. The number of halogens is 2. The second-order valence-electron chi connectivity index (χ2n) is 6.89. The molecule has 5 fully saturated rings. The molecule has 0 aromatic carbocycles. The molecule has 4 heterocycles. The van der Waals surface area contributed by atoms with E-state index in [-0.39, 0.29) is 36.3 Å². The van der Waals surface area contributed by atoms with Crippen molar-refractivity contribution in [1.82, 2.24) is 10.2 Å². The maximum Gasteiger partial charge on any atom is 0.321 e. The molecule has 0 unspecified atom stereocenters. The second-order valence-corrected chi connectivity index (χ2v) is 8.33. The molecule has 7 atom stereocenters. The fourth-order valence-electron chi connectivity index (χ4n) is 4.04. The Balaban J connectivity index is 1.51. The van der Waals surface area contributed by atoms with E-state index in [0.29, 0.717) is 6.61 Å². The molecule has 0 aromatic heterocycles. The number of carbonyl (C=O) groups is 1. The van der Waals surface area contributed by atoms with Crippen LogP contribution in [0.1, 0.15) is 13.8 Å². The number of fused-ring (bicyclic) bond motifs is 9. The lowest BCUT2D eigenvalue weighted by atomic mass is 10.1. The van der Waals surface area contributed by atoms with Gasteiger partial charge in [0.15, 0.2) is 12.0 Å². The average molecular weight is 351 g/mol. The van der Waals surface area contributed by atoms with E-state index < -0.39 is 22.6 Å². The first kappa shape index (κ1) is 14.1. The number of nitrogens with one attached hydrogen (secondary N) is 1. The average Bonchev–Trinajstić information content (AvgIpc) is 2.70. The Kier molecular flexibility index (Phi) is 2.57. The molecule has 9 heteroatoms. The zero-order chi connectivity index (χ0) is 15.4. The highest BCUT2D eigenvalue weighted by Gasteiger charge is 2.74. The molecule has 0 spiro atoms. The summed E-state index contributed by atoms with van der Waals surface area (Å²) in [4.78, 5) is 14.0. The van der Waals surface area contributed by atoms with Gasteiger partial charge in [0.2, 0.25) is 0 Å². The lowest BCUT2D eigenvalue weighted by molar-refractivity contribution is -0.199. The molecule has 4 saturated heterocycles. The van der Waals surface area contributed by atoms with Crippen LogP contribution in [0, 0.1) is 5.92 Å². The van der Waals surface area contributed by atoms with Crippen molar-refractivity contribution in [2.24, 2.45) is 5.92 Å². The molecule has 5 aliphatic rings. The minimum atomic E-state index is -0.996. The summed E-state index contributed by atoms with van der Waals surface area (Å²) in [6.45, 7) is 4.02. The zero-order valence-electron chi connectivity index (χ0n) is 12.0. The number of carbonyl (C=O) groups excluding carboxylic acids is 1. The molecule has 5 rings (SSSR count). The van der Waals surface area contributed by atoms with Gasteiger partial charge in [-0.05, 0) is 13.8 Å². The summed E-state index contributed by atoms with van der Waals surface area (Å²) in [5.41, 5.74) is 0. The van der Waals surface area contributed by atoms with Gasteiger partial charge in [0.1, 0.15) is 28.9 Å². The van der Waals surface area contributed by atoms with Gasteiger partial charge < -0.3 is 24.3 Å². The van der Waals surface area contributed by atoms with Crippen LogP contribution in [0.5, 0.6) is 0 Å². The third kappa shape index (κ3) is 1.64. The fraction of sp³-hybridized carbons (Fsp3) is 0.923. The minimum absolute atomic E-state index is 0.176. The normalized spacial score (nSPS) is 53.2. The van der Waals surface area contributed by atoms with Crippen molar-refractivity contribution in [3.05, 3.63) is 0 Å². The van der Waals surface area contributed by atoms with E-state index >= 15 is 0 Å². The maximum atomic E-state index is 12.5. The Morgan fingerprint density at radius 2 is 1.95 bits per heavy atom. The van der Waals surface area contributed by atoms with Crippen molar-refractivity contribution in [2.75, 3.05) is 6.61 Å². The first-order chi connectivity index (χ1) is 10.3. The summed E-state index contributed by atoms with van der Waals surface area (Å²) >= 11 is 12.5. The summed E-state index contributed by atoms with van der Waals surface area (Å²) in [5.74, 6) is -0.878. The second kappa shape index (κ2) is 4.02. The number of nitrogens with zero attached hydrogens (tertiary/aromatic N) is 1. The van der Waals surface area contributed by atoms with Crippen molar-refractivity contribution in [3.63, 3.8) is 0 Å². The van der Waals surface area contributed by atoms with Crippen LogP contribution in [0.25, 0.3) is 0 Å². The number of urea groups is 1. The molecule has 7 nitrogen and oxygen atoms in total. The van der Waals surface area contributed by atoms with Crippen LogP contribution < -0.4 is 5.32 Å². The Morgan fingerprint density at radius 1 is 1.23 bits per heavy atom. The van der Waals surface area contributed by atoms with Crippen LogP contribution in [-0.4, -0.2) is 64.5 Å². The molecule has 22 heavy (non-hydrogen) atoms. The van der Waals surface area contributed by atoms with Gasteiger partial charge in [0.25, 0.3) is 0 Å². The molecule has 1 N–H and O–H groups in total. The summed E-state index contributed by atoms with van der Waals surface area (Å²) in [7, 11) is 0. The van der Waals surface area contributed by atoms with Gasteiger partial charge in [-0.2, -0.15) is 0 Å². The molecular weight excluding hydrogens is 335 g/mol. The highest BCUT2D eigenvalue weighted by Crippen LogP contribution is 2.59. The predicted molar refractivity (Wildman–Crippen MR) is 74.3 cm³/mol. The van der Waals surface area contributed by atoms with Gasteiger partial charge in [0, 0.05) is 0 Å². The number of rotatable bonds is 0. The van der Waals surface area contributed by atoms with Crippen LogP contribution in [0.4, 0.5) is 4.79 Å². The number of hydrogen-bond acceptors (Lipinski definition) is 5. The van der Waals surface area contributed by atoms with Gasteiger partial charge in [-0.1, -0.05) is 23.2 Å². The van der Waals surface area contributed by atoms with Crippen LogP contribution >= 0.6 is 23.2 Å². The Hall–Kier alpha value is -0.310. The maximum absolute atomic E-state index is 12.5. The molecule has 1 saturated carbocycles. The Labute approximate surface area is 137 Å². The lowest BCUT2D eigenvalue weighted by Gasteiger charge is -2.38. The van der Waals surface area contributed by atoms with Crippen LogP contribution in [0.2, 0.25) is 0 Å². The Bertz CT molecular complexity index is 559. The molecule has 122 valence electrons. The molecule has 0 aromatic rings. The van der Waals surface area contributed by atoms with Crippen molar-refractivity contribution in [3.8, 4) is 0 Å². The zero-order valence-corrected chi connectivity index (χ0v) is 13.5. The Morgan fingerprint density at radius 3 is 2.73 bits per heavy atom. The standard InChI is InChI=1S/C13H16Cl2N2O5/c1-12(2)21-6-4-3-19-9-5-8(13(5,14)15)16-11(18)17(9)10(20-4)7(6)22-12/h4-10H,3H2,1-2H3,(H,16,18)/t4-,5-,6-,7-,8-,9+,10-/m1/s1. The molecule has 0 radical (unpaired) electrons. The molecule has 1 aliphatic carbocycles. The smallest absolute Gasteiger partial charge is 0.321 e. The van der Waals surface area contributed by atoms with E-state index in [1.807, 2.05) is 13.8 Å². The van der Waals surface area contributed by atoms with Gasteiger partial charge >= 0.3 is 6.03 Å². The number of hydrogen-bond donors (Lipinski definition) is 1. The summed E-state index contributed by atoms with van der Waals surface area (Å²) < 4.78 is 22.7. The summed E-state index contributed by atoms with van der Waals surface area (Å²) in [6.07, 6.45) is -1.92. The van der Waals surface area contributed by atoms with Crippen LogP contribution in [0.15, 0.2) is 0 Å². The first-order valence-corrected chi connectivity index (χ1v) is 8.14. The number of alkyl halides is 2. The summed E-state index contributed by atoms with van der Waals surface area (Å²) in [6, 6.07) is -0.580. The highest BCUT2D eigenvalue weighted by molar-refractivity contribution is 6.52. The first-order valence-electron chi connectivity index (χ1n) is 7.39. The van der Waals surface area contributed by atoms with E-state index in [4.69, 9.17) is 42.1 Å². The van der Waals surface area contributed by atoms with Crippen LogP contribution in [-0.2, 0) is 18.9 Å². The quantitative estimate of drug-likeness (QED) is 0.654. The van der Waals surface area contributed by atoms with E-state index in [0.717, 1.165) is 0 Å². The predicted octanol–water partition coefficient (Wildman–Crippen LogP) is 0.785. The molecule has 4 aliphatic heterocycles. The van der Waals surface area contributed by atoms with Crippen LogP contribution in [0.3, 0.4) is 0 Å². The van der Waals surface area contributed by atoms with Crippen molar-refractivity contribution in [2.45, 2.75) is 60.8 Å². The van der Waals surface area contributed by atoms with Crippen molar-refractivity contribution in [1.29, 1.82) is 0 Å². The monoisotopic (exact) mass is 350 g/mol. The molecule has 2 amide bonds. The van der Waals surface area contributed by atoms with Gasteiger partial charge in [-0.3, -0.25) is 4.90 Å². The lowest BCUT2D eigenvalue weighted by Crippen LogP contribution is -2.60. The van der Waals surface area contributed by atoms with E-state index in [2.05, 4.69) is 5.32 Å². The van der Waals surface area contributed by atoms with Crippen molar-refractivity contribution >= 4 is 29.2 Å².